The van der Waals surface area contributed by atoms with Crippen LogP contribution < -0.4 is 5.32 Å². The summed E-state index contributed by atoms with van der Waals surface area (Å²) >= 11 is 0. The monoisotopic (exact) mass is 323 g/mol. The van der Waals surface area contributed by atoms with Crippen molar-refractivity contribution in [3.05, 3.63) is 60.2 Å². The number of imidazole rings is 1. The molecule has 7 nitrogen and oxygen atoms in total. The van der Waals surface area contributed by atoms with Crippen LogP contribution in [0.4, 0.5) is 15.9 Å². The summed E-state index contributed by atoms with van der Waals surface area (Å²) in [6.07, 6.45) is 4.99. The van der Waals surface area contributed by atoms with Gasteiger partial charge in [-0.15, -0.1) is 0 Å². The van der Waals surface area contributed by atoms with Crippen LogP contribution in [0.3, 0.4) is 0 Å². The van der Waals surface area contributed by atoms with E-state index in [1.807, 2.05) is 19.2 Å². The summed E-state index contributed by atoms with van der Waals surface area (Å²) in [6.45, 7) is 2.35. The molecule has 3 aromatic heterocycles. The fraction of sp³-hybridized carbons (Fsp3) is 0.125. The minimum Gasteiger partial charge on any atom is -0.338 e. The van der Waals surface area contributed by atoms with Crippen LogP contribution in [0.2, 0.25) is 0 Å². The van der Waals surface area contributed by atoms with E-state index in [9.17, 15) is 4.39 Å². The number of H-pyrrole nitrogens is 1. The van der Waals surface area contributed by atoms with Crippen LogP contribution in [-0.2, 0) is 6.54 Å². The zero-order chi connectivity index (χ0) is 16.5. The van der Waals surface area contributed by atoms with Gasteiger partial charge in [-0.1, -0.05) is 12.1 Å². The average molecular weight is 323 g/mol. The maximum atomic E-state index is 13.2. The first-order valence-corrected chi connectivity index (χ1v) is 7.38. The third-order valence-electron chi connectivity index (χ3n) is 3.54. The second-order valence-electron chi connectivity index (χ2n) is 5.42. The standard InChI is InChI=1S/C16H14FN7/c1-10-21-14-15(22-10)18-9-19-16(14)23-13-6-20-24(8-13)7-11-3-2-4-12(17)5-11/h2-6,8-9H,7H2,1H3,(H2,18,19,21,22,23). The van der Waals surface area contributed by atoms with Crippen LogP contribution in [0.1, 0.15) is 11.4 Å². The van der Waals surface area contributed by atoms with E-state index in [0.29, 0.717) is 18.0 Å². The molecular weight excluding hydrogens is 309 g/mol. The van der Waals surface area contributed by atoms with Gasteiger partial charge in [0.2, 0.25) is 0 Å². The van der Waals surface area contributed by atoms with Crippen LogP contribution in [0.5, 0.6) is 0 Å². The van der Waals surface area contributed by atoms with Crippen LogP contribution in [0.25, 0.3) is 11.2 Å². The molecule has 0 amide bonds. The molecule has 4 rings (SSSR count). The number of fused-ring (bicyclic) bond motifs is 1. The summed E-state index contributed by atoms with van der Waals surface area (Å²) < 4.78 is 15.0. The predicted octanol–water partition coefficient (Wildman–Crippen LogP) is 2.79. The lowest BCUT2D eigenvalue weighted by Crippen LogP contribution is -2.00. The zero-order valence-corrected chi connectivity index (χ0v) is 12.9. The van der Waals surface area contributed by atoms with Gasteiger partial charge in [-0.3, -0.25) is 4.68 Å². The molecule has 0 atom stereocenters. The highest BCUT2D eigenvalue weighted by molar-refractivity contribution is 5.84. The maximum absolute atomic E-state index is 13.2. The van der Waals surface area contributed by atoms with Gasteiger partial charge in [0.1, 0.15) is 23.5 Å². The first-order chi connectivity index (χ1) is 11.7. The van der Waals surface area contributed by atoms with E-state index in [1.54, 1.807) is 16.9 Å². The van der Waals surface area contributed by atoms with Gasteiger partial charge in [-0.2, -0.15) is 5.10 Å². The molecule has 1 aromatic carbocycles. The summed E-state index contributed by atoms with van der Waals surface area (Å²) in [6, 6.07) is 6.47. The van der Waals surface area contributed by atoms with Crippen molar-refractivity contribution in [2.75, 3.05) is 5.32 Å². The Labute approximate surface area is 136 Å². The molecule has 2 N–H and O–H groups in total. The number of halogens is 1. The molecule has 0 saturated heterocycles. The molecule has 0 unspecified atom stereocenters. The number of benzene rings is 1. The van der Waals surface area contributed by atoms with E-state index >= 15 is 0 Å². The fourth-order valence-corrected chi connectivity index (χ4v) is 2.51. The highest BCUT2D eigenvalue weighted by atomic mass is 19.1. The first kappa shape index (κ1) is 14.3. The van der Waals surface area contributed by atoms with Crippen molar-refractivity contribution in [3.8, 4) is 0 Å². The molecular formula is C16H14FN7. The number of aromatic amines is 1. The Bertz CT molecular complexity index is 1000. The maximum Gasteiger partial charge on any atom is 0.183 e. The Balaban J connectivity index is 1.56. The lowest BCUT2D eigenvalue weighted by atomic mass is 10.2. The summed E-state index contributed by atoms with van der Waals surface area (Å²) in [5, 5.41) is 7.48. The molecule has 0 aliphatic heterocycles. The number of aryl methyl sites for hydroxylation is 1. The van der Waals surface area contributed by atoms with Gasteiger partial charge in [0.05, 0.1) is 18.4 Å². The smallest absolute Gasteiger partial charge is 0.183 e. The Hall–Kier alpha value is -3.29. The molecule has 3 heterocycles. The van der Waals surface area contributed by atoms with Crippen molar-refractivity contribution in [2.45, 2.75) is 13.5 Å². The largest absolute Gasteiger partial charge is 0.338 e. The van der Waals surface area contributed by atoms with E-state index in [1.165, 1.54) is 18.5 Å². The zero-order valence-electron chi connectivity index (χ0n) is 12.9. The number of hydrogen-bond donors (Lipinski definition) is 2. The number of aromatic nitrogens is 6. The quantitative estimate of drug-likeness (QED) is 0.603. The normalized spacial score (nSPS) is 11.1. The van der Waals surface area contributed by atoms with Gasteiger partial charge in [0.25, 0.3) is 0 Å². The van der Waals surface area contributed by atoms with Crippen molar-refractivity contribution >= 4 is 22.7 Å². The molecule has 0 spiro atoms. The van der Waals surface area contributed by atoms with E-state index in [2.05, 4.69) is 30.4 Å². The SMILES string of the molecule is Cc1nc2ncnc(Nc3cnn(Cc4cccc(F)c4)c3)c2[nH]1. The molecule has 24 heavy (non-hydrogen) atoms. The molecule has 0 bridgehead atoms. The molecule has 0 aliphatic rings. The Morgan fingerprint density at radius 3 is 3.08 bits per heavy atom. The van der Waals surface area contributed by atoms with Crippen molar-refractivity contribution in [1.82, 2.24) is 29.7 Å². The first-order valence-electron chi connectivity index (χ1n) is 7.38. The third kappa shape index (κ3) is 2.81. The van der Waals surface area contributed by atoms with E-state index in [0.717, 1.165) is 22.6 Å². The Morgan fingerprint density at radius 2 is 2.21 bits per heavy atom. The number of nitrogens with one attached hydrogen (secondary N) is 2. The van der Waals surface area contributed by atoms with E-state index in [4.69, 9.17) is 0 Å². The highest BCUT2D eigenvalue weighted by Gasteiger charge is 2.09. The van der Waals surface area contributed by atoms with Crippen molar-refractivity contribution in [2.24, 2.45) is 0 Å². The van der Waals surface area contributed by atoms with Gasteiger partial charge in [-0.05, 0) is 24.6 Å². The molecule has 120 valence electrons. The number of nitrogens with zero attached hydrogens (tertiary/aromatic N) is 5. The predicted molar refractivity (Wildman–Crippen MR) is 87.4 cm³/mol. The summed E-state index contributed by atoms with van der Waals surface area (Å²) in [5.41, 5.74) is 2.97. The van der Waals surface area contributed by atoms with Gasteiger partial charge >= 0.3 is 0 Å². The average Bonchev–Trinajstić information content (AvgIpc) is 3.13. The van der Waals surface area contributed by atoms with E-state index < -0.39 is 0 Å². The lowest BCUT2D eigenvalue weighted by molar-refractivity contribution is 0.619. The third-order valence-corrected chi connectivity index (χ3v) is 3.54. The Kier molecular flexibility index (Phi) is 3.42. The number of anilines is 2. The fourth-order valence-electron chi connectivity index (χ4n) is 2.51. The minimum absolute atomic E-state index is 0.254. The second kappa shape index (κ2) is 5.73. The summed E-state index contributed by atoms with van der Waals surface area (Å²) in [5.74, 6) is 1.15. The molecule has 0 radical (unpaired) electrons. The molecule has 0 aliphatic carbocycles. The van der Waals surface area contributed by atoms with Crippen LogP contribution in [-0.4, -0.2) is 29.7 Å². The van der Waals surface area contributed by atoms with Crippen molar-refractivity contribution in [3.63, 3.8) is 0 Å². The van der Waals surface area contributed by atoms with Gasteiger partial charge in [-0.25, -0.2) is 19.3 Å². The minimum atomic E-state index is -0.254. The van der Waals surface area contributed by atoms with Crippen LogP contribution >= 0.6 is 0 Å². The van der Waals surface area contributed by atoms with Gasteiger partial charge < -0.3 is 10.3 Å². The van der Waals surface area contributed by atoms with Gasteiger partial charge in [0, 0.05) is 6.20 Å². The van der Waals surface area contributed by atoms with Crippen molar-refractivity contribution in [1.29, 1.82) is 0 Å². The molecule has 0 saturated carbocycles. The second-order valence-corrected chi connectivity index (χ2v) is 5.42. The molecule has 4 aromatic rings. The van der Waals surface area contributed by atoms with Gasteiger partial charge in [0.15, 0.2) is 11.5 Å². The Morgan fingerprint density at radius 1 is 1.29 bits per heavy atom. The van der Waals surface area contributed by atoms with E-state index in [-0.39, 0.29) is 5.82 Å². The lowest BCUT2D eigenvalue weighted by Gasteiger charge is -2.03. The van der Waals surface area contributed by atoms with Crippen molar-refractivity contribution < 1.29 is 4.39 Å². The molecule has 0 fully saturated rings. The highest BCUT2D eigenvalue weighted by Crippen LogP contribution is 2.21. The number of rotatable bonds is 4. The van der Waals surface area contributed by atoms with Crippen LogP contribution in [0.15, 0.2) is 43.0 Å². The number of hydrogen-bond acceptors (Lipinski definition) is 5. The topological polar surface area (TPSA) is 84.3 Å². The summed E-state index contributed by atoms with van der Waals surface area (Å²) in [7, 11) is 0. The summed E-state index contributed by atoms with van der Waals surface area (Å²) in [4.78, 5) is 15.8. The van der Waals surface area contributed by atoms with Crippen LogP contribution in [0, 0.1) is 12.7 Å². The molecule has 8 heteroatoms.